The Labute approximate surface area is 138 Å². The fourth-order valence-electron chi connectivity index (χ4n) is 1.51. The molecule has 2 N–H and O–H groups in total. The van der Waals surface area contributed by atoms with Gasteiger partial charge in [-0.25, -0.2) is 0 Å². The predicted molar refractivity (Wildman–Crippen MR) is 86.3 cm³/mol. The van der Waals surface area contributed by atoms with Crippen molar-refractivity contribution in [3.8, 4) is 11.5 Å². The number of hydrogen-bond acceptors (Lipinski definition) is 2. The van der Waals surface area contributed by atoms with E-state index in [2.05, 4.69) is 31.9 Å². The van der Waals surface area contributed by atoms with E-state index in [1.165, 1.54) is 0 Å². The van der Waals surface area contributed by atoms with Gasteiger partial charge in [0.2, 0.25) is 0 Å². The highest BCUT2D eigenvalue weighted by atomic mass is 79.9. The zero-order chi connectivity index (χ0) is 14.0. The van der Waals surface area contributed by atoms with Gasteiger partial charge in [0.05, 0.1) is 10.0 Å². The first kappa shape index (κ1) is 15.1. The lowest BCUT2D eigenvalue weighted by Crippen LogP contribution is -1.96. The van der Waals surface area contributed by atoms with Crippen LogP contribution in [0.1, 0.15) is 5.56 Å². The minimum Gasteiger partial charge on any atom is -0.456 e. The first-order chi connectivity index (χ1) is 8.99. The monoisotopic (exact) mass is 423 g/mol. The molecule has 0 aliphatic carbocycles. The Kier molecular flexibility index (Phi) is 5.15. The molecular weight excluding hydrogens is 417 g/mol. The molecule has 0 unspecified atom stereocenters. The van der Waals surface area contributed by atoms with Crippen LogP contribution >= 0.6 is 55.1 Å². The topological polar surface area (TPSA) is 35.2 Å². The molecule has 2 nitrogen and oxygen atoms in total. The van der Waals surface area contributed by atoms with Crippen LogP contribution in [0.25, 0.3) is 0 Å². The average Bonchev–Trinajstić information content (AvgIpc) is 2.35. The third kappa shape index (κ3) is 3.86. The van der Waals surface area contributed by atoms with Gasteiger partial charge in [0, 0.05) is 21.6 Å². The van der Waals surface area contributed by atoms with Crippen molar-refractivity contribution in [3.63, 3.8) is 0 Å². The number of benzene rings is 2. The van der Waals surface area contributed by atoms with Gasteiger partial charge in [-0.1, -0.05) is 39.1 Å². The van der Waals surface area contributed by atoms with Gasteiger partial charge in [0.25, 0.3) is 0 Å². The fraction of sp³-hybridized carbons (Fsp3) is 0.0769. The summed E-state index contributed by atoms with van der Waals surface area (Å²) < 4.78 is 7.36. The van der Waals surface area contributed by atoms with Gasteiger partial charge in [-0.15, -0.1) is 0 Å². The molecule has 0 bridgehead atoms. The molecule has 0 amide bonds. The van der Waals surface area contributed by atoms with E-state index in [1.807, 2.05) is 18.2 Å². The van der Waals surface area contributed by atoms with Crippen LogP contribution in [0.3, 0.4) is 0 Å². The molecular formula is C13H9Br2Cl2NO. The number of ether oxygens (including phenoxy) is 1. The molecule has 0 heterocycles. The van der Waals surface area contributed by atoms with Gasteiger partial charge in [-0.05, 0) is 45.8 Å². The Morgan fingerprint density at radius 1 is 1.00 bits per heavy atom. The minimum atomic E-state index is 0.435. The van der Waals surface area contributed by atoms with E-state index < -0.39 is 0 Å². The third-order valence-corrected chi connectivity index (χ3v) is 4.32. The first-order valence-electron chi connectivity index (χ1n) is 5.31. The second kappa shape index (κ2) is 6.46. The van der Waals surface area contributed by atoms with Gasteiger partial charge in [-0.3, -0.25) is 0 Å². The zero-order valence-electron chi connectivity index (χ0n) is 9.59. The Hall–Kier alpha value is -0.260. The fourth-order valence-corrected chi connectivity index (χ4v) is 2.86. The van der Waals surface area contributed by atoms with Crippen molar-refractivity contribution >= 4 is 55.1 Å². The maximum Gasteiger partial charge on any atom is 0.147 e. The maximum atomic E-state index is 6.11. The molecule has 0 aliphatic rings. The third-order valence-electron chi connectivity index (χ3n) is 2.37. The molecule has 0 saturated heterocycles. The Morgan fingerprint density at radius 3 is 2.42 bits per heavy atom. The van der Waals surface area contributed by atoms with E-state index in [4.69, 9.17) is 33.7 Å². The summed E-state index contributed by atoms with van der Waals surface area (Å²) in [6.07, 6.45) is 0. The van der Waals surface area contributed by atoms with E-state index >= 15 is 0 Å². The van der Waals surface area contributed by atoms with Gasteiger partial charge in [0.15, 0.2) is 0 Å². The van der Waals surface area contributed by atoms with Crippen LogP contribution in [0.15, 0.2) is 39.3 Å². The van der Waals surface area contributed by atoms with Crippen LogP contribution < -0.4 is 10.5 Å². The highest BCUT2D eigenvalue weighted by Gasteiger charge is 2.09. The molecule has 2 aromatic rings. The van der Waals surface area contributed by atoms with E-state index in [-0.39, 0.29) is 0 Å². The van der Waals surface area contributed by atoms with Crippen molar-refractivity contribution in [3.05, 3.63) is 54.9 Å². The molecule has 0 atom stereocenters. The van der Waals surface area contributed by atoms with Crippen molar-refractivity contribution < 1.29 is 4.74 Å². The van der Waals surface area contributed by atoms with E-state index in [1.54, 1.807) is 12.1 Å². The molecule has 0 radical (unpaired) electrons. The van der Waals surface area contributed by atoms with Crippen LogP contribution in [0, 0.1) is 0 Å². The van der Waals surface area contributed by atoms with Crippen LogP contribution in [-0.4, -0.2) is 0 Å². The summed E-state index contributed by atoms with van der Waals surface area (Å²) in [5.74, 6) is 1.14. The highest BCUT2D eigenvalue weighted by molar-refractivity contribution is 9.10. The Morgan fingerprint density at radius 2 is 1.74 bits per heavy atom. The summed E-state index contributed by atoms with van der Waals surface area (Å²) in [7, 11) is 0. The molecule has 2 aromatic carbocycles. The van der Waals surface area contributed by atoms with Crippen molar-refractivity contribution in [1.82, 2.24) is 0 Å². The molecule has 0 spiro atoms. The normalized spacial score (nSPS) is 10.6. The molecule has 6 heteroatoms. The summed E-state index contributed by atoms with van der Waals surface area (Å²) >= 11 is 18.9. The molecule has 0 fully saturated rings. The number of hydrogen-bond donors (Lipinski definition) is 1. The number of nitrogens with two attached hydrogens (primary N) is 1. The first-order valence-corrected chi connectivity index (χ1v) is 7.65. The SMILES string of the molecule is NCc1cc(Br)cc(Oc2cc(Cl)c(Br)cc2Cl)c1. The number of halogens is 4. The molecule has 0 saturated carbocycles. The van der Waals surface area contributed by atoms with Crippen molar-refractivity contribution in [2.45, 2.75) is 6.54 Å². The molecule has 0 aromatic heterocycles. The van der Waals surface area contributed by atoms with Crippen LogP contribution in [0.2, 0.25) is 10.0 Å². The van der Waals surface area contributed by atoms with Crippen molar-refractivity contribution in [1.29, 1.82) is 0 Å². The standard InChI is InChI=1S/C13H9Br2Cl2NO/c14-8-1-7(6-18)2-9(3-8)19-13-5-11(16)10(15)4-12(13)17/h1-5H,6,18H2. The summed E-state index contributed by atoms with van der Waals surface area (Å²) in [6, 6.07) is 8.99. The minimum absolute atomic E-state index is 0.435. The predicted octanol–water partition coefficient (Wildman–Crippen LogP) is 5.77. The van der Waals surface area contributed by atoms with Crippen molar-refractivity contribution in [2.24, 2.45) is 5.73 Å². The lowest BCUT2D eigenvalue weighted by atomic mass is 10.2. The van der Waals surface area contributed by atoms with E-state index in [0.717, 1.165) is 14.5 Å². The summed E-state index contributed by atoms with van der Waals surface area (Å²) in [5.41, 5.74) is 6.59. The zero-order valence-corrected chi connectivity index (χ0v) is 14.3. The Balaban J connectivity index is 2.36. The lowest BCUT2D eigenvalue weighted by Gasteiger charge is -2.10. The quantitative estimate of drug-likeness (QED) is 0.633. The summed E-state index contributed by atoms with van der Waals surface area (Å²) in [4.78, 5) is 0. The second-order valence-corrected chi connectivity index (χ2v) is 6.38. The summed E-state index contributed by atoms with van der Waals surface area (Å²) in [5, 5.41) is 1.01. The second-order valence-electron chi connectivity index (χ2n) is 3.80. The van der Waals surface area contributed by atoms with Gasteiger partial charge in [-0.2, -0.15) is 0 Å². The summed E-state index contributed by atoms with van der Waals surface area (Å²) in [6.45, 7) is 0.435. The smallest absolute Gasteiger partial charge is 0.147 e. The van der Waals surface area contributed by atoms with Crippen LogP contribution in [0.4, 0.5) is 0 Å². The van der Waals surface area contributed by atoms with Gasteiger partial charge >= 0.3 is 0 Å². The molecule has 2 rings (SSSR count). The van der Waals surface area contributed by atoms with Gasteiger partial charge in [0.1, 0.15) is 11.5 Å². The van der Waals surface area contributed by atoms with Gasteiger partial charge < -0.3 is 10.5 Å². The average molecular weight is 426 g/mol. The lowest BCUT2D eigenvalue weighted by molar-refractivity contribution is 0.482. The Bertz CT molecular complexity index is 620. The van der Waals surface area contributed by atoms with Crippen molar-refractivity contribution in [2.75, 3.05) is 0 Å². The van der Waals surface area contributed by atoms with Crippen LogP contribution in [0.5, 0.6) is 11.5 Å². The van der Waals surface area contributed by atoms with Crippen LogP contribution in [-0.2, 0) is 6.54 Å². The molecule has 100 valence electrons. The largest absolute Gasteiger partial charge is 0.456 e. The molecule has 19 heavy (non-hydrogen) atoms. The van der Waals surface area contributed by atoms with E-state index in [9.17, 15) is 0 Å². The molecule has 0 aliphatic heterocycles. The maximum absolute atomic E-state index is 6.11. The van der Waals surface area contributed by atoms with E-state index in [0.29, 0.717) is 28.1 Å². The number of rotatable bonds is 3. The highest BCUT2D eigenvalue weighted by Crippen LogP contribution is 2.37.